The minimum absolute atomic E-state index is 0.0689. The first-order valence-electron chi connectivity index (χ1n) is 9.56. The van der Waals surface area contributed by atoms with Crippen molar-refractivity contribution in [1.29, 1.82) is 0 Å². The van der Waals surface area contributed by atoms with Gasteiger partial charge in [-0.25, -0.2) is 4.68 Å². The van der Waals surface area contributed by atoms with Crippen LogP contribution in [0.1, 0.15) is 6.42 Å². The first kappa shape index (κ1) is 18.9. The third-order valence-electron chi connectivity index (χ3n) is 4.97. The fourth-order valence-corrected chi connectivity index (χ4v) is 3.42. The van der Waals surface area contributed by atoms with Crippen molar-refractivity contribution in [2.24, 2.45) is 0 Å². The van der Waals surface area contributed by atoms with E-state index in [9.17, 15) is 14.4 Å². The number of rotatable bonds is 5. The molecular formula is C21H22N4O4. The highest BCUT2D eigenvalue weighted by Crippen LogP contribution is 2.19. The van der Waals surface area contributed by atoms with Gasteiger partial charge in [-0.3, -0.25) is 19.5 Å². The summed E-state index contributed by atoms with van der Waals surface area (Å²) in [5.41, 5.74) is 1.11. The molecule has 3 aromatic rings. The quantitative estimate of drug-likeness (QED) is 0.685. The van der Waals surface area contributed by atoms with Crippen LogP contribution in [0.3, 0.4) is 0 Å². The number of ether oxygens (including phenoxy) is 1. The number of carbonyl (C=O) groups is 1. The van der Waals surface area contributed by atoms with Crippen molar-refractivity contribution in [2.45, 2.75) is 13.0 Å². The minimum Gasteiger partial charge on any atom is -0.378 e. The van der Waals surface area contributed by atoms with Crippen molar-refractivity contribution >= 4 is 28.1 Å². The lowest BCUT2D eigenvalue weighted by Crippen LogP contribution is -2.36. The van der Waals surface area contributed by atoms with Crippen molar-refractivity contribution in [3.8, 4) is 0 Å². The second-order valence-electron chi connectivity index (χ2n) is 6.89. The van der Waals surface area contributed by atoms with Crippen LogP contribution < -0.4 is 21.3 Å². The highest BCUT2D eigenvalue weighted by molar-refractivity contribution is 5.90. The van der Waals surface area contributed by atoms with Gasteiger partial charge in [0.1, 0.15) is 0 Å². The molecule has 0 aliphatic carbocycles. The van der Waals surface area contributed by atoms with Crippen LogP contribution in [0.4, 0.5) is 11.4 Å². The van der Waals surface area contributed by atoms with Crippen LogP contribution >= 0.6 is 0 Å². The Morgan fingerprint density at radius 2 is 1.69 bits per heavy atom. The molecule has 0 saturated carbocycles. The van der Waals surface area contributed by atoms with Crippen LogP contribution in [0, 0.1) is 0 Å². The predicted molar refractivity (Wildman–Crippen MR) is 112 cm³/mol. The number of morpholine rings is 1. The Hall–Kier alpha value is -3.39. The highest BCUT2D eigenvalue weighted by atomic mass is 16.5. The molecule has 1 fully saturated rings. The summed E-state index contributed by atoms with van der Waals surface area (Å²) in [5, 5.41) is 6.05. The van der Waals surface area contributed by atoms with E-state index in [1.54, 1.807) is 24.3 Å². The smallest absolute Gasteiger partial charge is 0.273 e. The number of carbonyl (C=O) groups excluding carboxylic acids is 1. The summed E-state index contributed by atoms with van der Waals surface area (Å²) >= 11 is 0. The number of nitrogens with one attached hydrogen (secondary N) is 2. The molecule has 4 rings (SSSR count). The number of benzene rings is 2. The second-order valence-corrected chi connectivity index (χ2v) is 6.89. The van der Waals surface area contributed by atoms with E-state index in [1.807, 2.05) is 24.3 Å². The number of fused-ring (bicyclic) bond motifs is 1. The Kier molecular flexibility index (Phi) is 5.44. The van der Waals surface area contributed by atoms with Gasteiger partial charge in [0.05, 0.1) is 30.5 Å². The zero-order chi connectivity index (χ0) is 20.2. The van der Waals surface area contributed by atoms with E-state index in [0.29, 0.717) is 29.7 Å². The van der Waals surface area contributed by atoms with Crippen LogP contribution in [-0.2, 0) is 16.1 Å². The summed E-state index contributed by atoms with van der Waals surface area (Å²) in [7, 11) is 0. The van der Waals surface area contributed by atoms with Crippen molar-refractivity contribution < 1.29 is 9.53 Å². The molecule has 2 heterocycles. The lowest BCUT2D eigenvalue weighted by molar-refractivity contribution is -0.116. The first-order valence-corrected chi connectivity index (χ1v) is 9.56. The van der Waals surface area contributed by atoms with Crippen LogP contribution in [0.15, 0.2) is 58.1 Å². The normalized spacial score (nSPS) is 14.1. The molecule has 0 atom stereocenters. The number of aromatic amines is 1. The van der Waals surface area contributed by atoms with Crippen molar-refractivity contribution in [3.05, 3.63) is 69.2 Å². The Morgan fingerprint density at radius 3 is 2.41 bits per heavy atom. The molecule has 1 saturated heterocycles. The van der Waals surface area contributed by atoms with Gasteiger partial charge >= 0.3 is 0 Å². The standard InChI is InChI=1S/C21H22N4O4/c26-19(22-15-5-7-16(8-6-15)24-11-13-29-14-12-24)9-10-25-21(28)18-4-2-1-3-17(18)20(27)23-25/h1-8H,9-14H2,(H,22,26)(H,23,27). The van der Waals surface area contributed by atoms with Gasteiger partial charge in [0.25, 0.3) is 11.1 Å². The number of hydrogen-bond donors (Lipinski definition) is 2. The van der Waals surface area contributed by atoms with E-state index in [2.05, 4.69) is 15.3 Å². The molecule has 2 N–H and O–H groups in total. The lowest BCUT2D eigenvalue weighted by Gasteiger charge is -2.28. The Morgan fingerprint density at radius 1 is 1.00 bits per heavy atom. The fraction of sp³-hybridized carbons (Fsp3) is 0.286. The number of hydrogen-bond acceptors (Lipinski definition) is 5. The summed E-state index contributed by atoms with van der Waals surface area (Å²) < 4.78 is 6.54. The van der Waals surface area contributed by atoms with E-state index in [0.717, 1.165) is 18.8 Å². The number of nitrogens with zero attached hydrogens (tertiary/aromatic N) is 2. The number of H-pyrrole nitrogens is 1. The lowest BCUT2D eigenvalue weighted by atomic mass is 10.2. The molecule has 29 heavy (non-hydrogen) atoms. The summed E-state index contributed by atoms with van der Waals surface area (Å²) in [5.74, 6) is -0.231. The third-order valence-corrected chi connectivity index (χ3v) is 4.97. The van der Waals surface area contributed by atoms with Gasteiger partial charge in [0, 0.05) is 30.9 Å². The van der Waals surface area contributed by atoms with Gasteiger partial charge in [-0.2, -0.15) is 0 Å². The molecule has 1 amide bonds. The zero-order valence-corrected chi connectivity index (χ0v) is 15.9. The van der Waals surface area contributed by atoms with Gasteiger partial charge in [-0.1, -0.05) is 12.1 Å². The average molecular weight is 394 g/mol. The number of amides is 1. The van der Waals surface area contributed by atoms with Gasteiger partial charge in [-0.15, -0.1) is 0 Å². The largest absolute Gasteiger partial charge is 0.378 e. The van der Waals surface area contributed by atoms with Crippen LogP contribution in [0.25, 0.3) is 10.8 Å². The fourth-order valence-electron chi connectivity index (χ4n) is 3.42. The molecule has 1 aromatic heterocycles. The van der Waals surface area contributed by atoms with Crippen LogP contribution in [-0.4, -0.2) is 42.0 Å². The summed E-state index contributed by atoms with van der Waals surface area (Å²) in [6.07, 6.45) is 0.0689. The number of aromatic nitrogens is 2. The summed E-state index contributed by atoms with van der Waals surface area (Å²) in [6, 6.07) is 14.3. The third kappa shape index (κ3) is 4.22. The van der Waals surface area contributed by atoms with Crippen molar-refractivity contribution in [3.63, 3.8) is 0 Å². The molecule has 2 aromatic carbocycles. The average Bonchev–Trinajstić information content (AvgIpc) is 2.76. The van der Waals surface area contributed by atoms with E-state index >= 15 is 0 Å². The maximum Gasteiger partial charge on any atom is 0.273 e. The molecule has 8 heteroatoms. The van der Waals surface area contributed by atoms with Crippen LogP contribution in [0.2, 0.25) is 0 Å². The second kappa shape index (κ2) is 8.32. The van der Waals surface area contributed by atoms with E-state index in [4.69, 9.17) is 4.74 Å². The van der Waals surface area contributed by atoms with Gasteiger partial charge in [0.2, 0.25) is 5.91 Å². The zero-order valence-electron chi connectivity index (χ0n) is 15.9. The summed E-state index contributed by atoms with van der Waals surface area (Å²) in [6.45, 7) is 3.23. The predicted octanol–water partition coefficient (Wildman–Crippen LogP) is 1.56. The van der Waals surface area contributed by atoms with Crippen LogP contribution in [0.5, 0.6) is 0 Å². The summed E-state index contributed by atoms with van der Waals surface area (Å²) in [4.78, 5) is 39.1. The maximum absolute atomic E-state index is 12.5. The van der Waals surface area contributed by atoms with Crippen molar-refractivity contribution in [1.82, 2.24) is 9.78 Å². The molecule has 1 aliphatic rings. The number of aryl methyl sites for hydroxylation is 1. The number of anilines is 2. The molecule has 0 radical (unpaired) electrons. The van der Waals surface area contributed by atoms with Gasteiger partial charge in [-0.05, 0) is 36.4 Å². The van der Waals surface area contributed by atoms with Crippen molar-refractivity contribution in [2.75, 3.05) is 36.5 Å². The van der Waals surface area contributed by atoms with Gasteiger partial charge < -0.3 is 15.0 Å². The highest BCUT2D eigenvalue weighted by Gasteiger charge is 2.12. The first-order chi connectivity index (χ1) is 14.1. The topological polar surface area (TPSA) is 96.4 Å². The molecule has 8 nitrogen and oxygen atoms in total. The molecule has 0 unspecified atom stereocenters. The van der Waals surface area contributed by atoms with E-state index in [-0.39, 0.29) is 30.0 Å². The Balaban J connectivity index is 1.39. The minimum atomic E-state index is -0.348. The molecular weight excluding hydrogens is 372 g/mol. The SMILES string of the molecule is O=C(CCn1[nH]c(=O)c2ccccc2c1=O)Nc1ccc(N2CCOCC2)cc1. The Labute approximate surface area is 166 Å². The van der Waals surface area contributed by atoms with Gasteiger partial charge in [0.15, 0.2) is 0 Å². The maximum atomic E-state index is 12.5. The molecule has 1 aliphatic heterocycles. The van der Waals surface area contributed by atoms with E-state index in [1.165, 1.54) is 4.68 Å². The van der Waals surface area contributed by atoms with E-state index < -0.39 is 0 Å². The Bertz CT molecular complexity index is 1130. The monoisotopic (exact) mass is 394 g/mol. The molecule has 150 valence electrons. The molecule has 0 bridgehead atoms. The molecule has 0 spiro atoms.